The molecule has 0 aromatic rings. The van der Waals surface area contributed by atoms with E-state index in [0.29, 0.717) is 0 Å². The zero-order valence-electron chi connectivity index (χ0n) is 3.10. The van der Waals surface area contributed by atoms with Crippen LogP contribution in [0.4, 0.5) is 0 Å². The second-order valence-corrected chi connectivity index (χ2v) is 0.780. The third-order valence-electron chi connectivity index (χ3n) is 0.269. The van der Waals surface area contributed by atoms with Crippen molar-refractivity contribution in [3.05, 3.63) is 0 Å². The van der Waals surface area contributed by atoms with Crippen LogP contribution in [0.15, 0.2) is 0 Å². The van der Waals surface area contributed by atoms with Crippen LogP contribution in [0.25, 0.3) is 0 Å². The lowest BCUT2D eigenvalue weighted by molar-refractivity contribution is -0.141. The van der Waals surface area contributed by atoms with Crippen molar-refractivity contribution in [2.45, 2.75) is 6.42 Å². The summed E-state index contributed by atoms with van der Waals surface area (Å²) in [6.45, 7) is 0. The molecule has 0 aliphatic carbocycles. The van der Waals surface area contributed by atoms with Crippen LogP contribution in [0, 0.1) is 5.41 Å². The van der Waals surface area contributed by atoms with Crippen LogP contribution in [0.3, 0.4) is 0 Å². The van der Waals surface area contributed by atoms with E-state index in [1.807, 2.05) is 0 Å². The molecular weight excluding hydrogens is 82.0 g/mol. The number of rotatable bonds is 2. The van der Waals surface area contributed by atoms with E-state index in [1.165, 1.54) is 0 Å². The van der Waals surface area contributed by atoms with Crippen molar-refractivity contribution in [1.29, 1.82) is 5.41 Å². The first-order valence-corrected chi connectivity index (χ1v) is 1.46. The smallest absolute Gasteiger partial charge is 0.313 e. The molecule has 0 atom stereocenters. The lowest BCUT2D eigenvalue weighted by Gasteiger charge is -1.68. The largest absolute Gasteiger partial charge is 0.360 e. The van der Waals surface area contributed by atoms with Gasteiger partial charge >= 0.3 is 5.97 Å². The molecule has 0 amide bonds. The van der Waals surface area contributed by atoms with Gasteiger partial charge in [-0.25, -0.2) is 9.90 Å². The summed E-state index contributed by atoms with van der Waals surface area (Å²) in [5.41, 5.74) is 0. The minimum atomic E-state index is -1.20. The Kier molecular flexibility index (Phi) is 2.04. The summed E-state index contributed by atoms with van der Waals surface area (Å²) in [6, 6.07) is 0. The van der Waals surface area contributed by atoms with Crippen molar-refractivity contribution in [1.82, 2.24) is 0 Å². The van der Waals surface area contributed by atoms with E-state index < -0.39 is 5.97 Å². The fraction of sp³-hybridized carbons (Fsp3) is 0.333. The fourth-order valence-corrected chi connectivity index (χ4v) is 0.0833. The Hall–Kier alpha value is -0.860. The van der Waals surface area contributed by atoms with Gasteiger partial charge in [0.15, 0.2) is 0 Å². The maximum absolute atomic E-state index is 9.34. The standard InChI is InChI=1S/C3H4NO2/c4-2-1-3(5)6/h2,4H,1H2. The van der Waals surface area contributed by atoms with Gasteiger partial charge in [-0.15, -0.1) is 0 Å². The molecule has 0 heterocycles. The van der Waals surface area contributed by atoms with Crippen molar-refractivity contribution in [2.24, 2.45) is 0 Å². The van der Waals surface area contributed by atoms with Gasteiger partial charge in [0, 0.05) is 6.21 Å². The van der Waals surface area contributed by atoms with Crippen molar-refractivity contribution in [3.63, 3.8) is 0 Å². The predicted octanol–water partition coefficient (Wildman–Crippen LogP) is -0.0168. The summed E-state index contributed by atoms with van der Waals surface area (Å²) in [4.78, 5) is 9.34. The molecule has 1 radical (unpaired) electrons. The highest BCUT2D eigenvalue weighted by Gasteiger charge is 1.89. The molecule has 0 aromatic carbocycles. The molecule has 0 bridgehead atoms. The normalized spacial score (nSPS) is 7.33. The molecule has 0 rings (SSSR count). The van der Waals surface area contributed by atoms with Gasteiger partial charge in [-0.1, -0.05) is 0 Å². The monoisotopic (exact) mass is 86.0 g/mol. The Bertz CT molecular complexity index is 69.2. The minimum Gasteiger partial charge on any atom is -0.313 e. The third kappa shape index (κ3) is 3.14. The van der Waals surface area contributed by atoms with Gasteiger partial charge in [0.2, 0.25) is 0 Å². The van der Waals surface area contributed by atoms with Crippen molar-refractivity contribution in [2.75, 3.05) is 0 Å². The number of hydrogen-bond donors (Lipinski definition) is 1. The van der Waals surface area contributed by atoms with Gasteiger partial charge in [-0.3, -0.25) is 0 Å². The van der Waals surface area contributed by atoms with Crippen LogP contribution < -0.4 is 0 Å². The molecule has 0 aliphatic heterocycles. The van der Waals surface area contributed by atoms with Crippen LogP contribution >= 0.6 is 0 Å². The average Bonchev–Trinajstić information content (AvgIpc) is 1.35. The summed E-state index contributed by atoms with van der Waals surface area (Å²) in [5.74, 6) is -1.20. The van der Waals surface area contributed by atoms with E-state index in [4.69, 9.17) is 5.41 Å². The van der Waals surface area contributed by atoms with E-state index >= 15 is 0 Å². The maximum Gasteiger partial charge on any atom is 0.360 e. The van der Waals surface area contributed by atoms with Crippen LogP contribution in [-0.4, -0.2) is 12.2 Å². The summed E-state index contributed by atoms with van der Waals surface area (Å²) in [5, 5.41) is 15.5. The van der Waals surface area contributed by atoms with E-state index in [1.54, 1.807) is 0 Å². The molecule has 1 N–H and O–H groups in total. The van der Waals surface area contributed by atoms with Gasteiger partial charge in [-0.2, -0.15) is 0 Å². The Balaban J connectivity index is 3.05. The second-order valence-electron chi connectivity index (χ2n) is 0.780. The fourth-order valence-electron chi connectivity index (χ4n) is 0.0833. The molecule has 3 heteroatoms. The highest BCUT2D eigenvalue weighted by Crippen LogP contribution is 1.67. The average molecular weight is 86.1 g/mol. The summed E-state index contributed by atoms with van der Waals surface area (Å²) in [7, 11) is 0. The predicted molar refractivity (Wildman–Crippen MR) is 19.1 cm³/mol. The van der Waals surface area contributed by atoms with Crippen molar-refractivity contribution in [3.8, 4) is 0 Å². The van der Waals surface area contributed by atoms with Crippen LogP contribution in [0.1, 0.15) is 6.42 Å². The Morgan fingerprint density at radius 2 is 2.33 bits per heavy atom. The van der Waals surface area contributed by atoms with Gasteiger partial charge < -0.3 is 5.41 Å². The highest BCUT2D eigenvalue weighted by atomic mass is 16.4. The summed E-state index contributed by atoms with van der Waals surface area (Å²) < 4.78 is 0. The first kappa shape index (κ1) is 5.14. The van der Waals surface area contributed by atoms with Crippen molar-refractivity contribution >= 4 is 12.2 Å². The van der Waals surface area contributed by atoms with Crippen LogP contribution in [0.2, 0.25) is 0 Å². The van der Waals surface area contributed by atoms with E-state index in [2.05, 4.69) is 0 Å². The van der Waals surface area contributed by atoms with Crippen molar-refractivity contribution < 1.29 is 9.90 Å². The molecule has 3 nitrogen and oxygen atoms in total. The zero-order valence-corrected chi connectivity index (χ0v) is 3.10. The Morgan fingerprint density at radius 1 is 1.83 bits per heavy atom. The van der Waals surface area contributed by atoms with Gasteiger partial charge in [0.05, 0.1) is 6.42 Å². The molecule has 0 fully saturated rings. The van der Waals surface area contributed by atoms with Gasteiger partial charge in [0.25, 0.3) is 0 Å². The number of nitrogens with one attached hydrogen (secondary N) is 1. The summed E-state index contributed by atoms with van der Waals surface area (Å²) >= 11 is 0. The molecule has 0 aromatic heterocycles. The van der Waals surface area contributed by atoms with E-state index in [-0.39, 0.29) is 6.42 Å². The number of carbonyl (C=O) groups excluding carboxylic acids is 1. The first-order valence-electron chi connectivity index (χ1n) is 1.46. The topological polar surface area (TPSA) is 60.8 Å². The highest BCUT2D eigenvalue weighted by molar-refractivity contribution is 5.82. The molecular formula is C3H4NO2. The Labute approximate surface area is 35.1 Å². The molecule has 0 spiro atoms. The lowest BCUT2D eigenvalue weighted by atomic mass is 10.5. The molecule has 33 valence electrons. The quantitative estimate of drug-likeness (QED) is 0.472. The molecule has 0 aliphatic rings. The maximum atomic E-state index is 9.34. The van der Waals surface area contributed by atoms with Crippen LogP contribution in [-0.2, 0) is 9.90 Å². The lowest BCUT2D eigenvalue weighted by Crippen LogP contribution is -1.89. The molecule has 0 unspecified atom stereocenters. The minimum absolute atomic E-state index is 0.278. The SMILES string of the molecule is N=CCC([O])=O. The Morgan fingerprint density at radius 3 is 2.33 bits per heavy atom. The number of hydrogen-bond acceptors (Lipinski definition) is 2. The molecule has 0 saturated carbocycles. The summed E-state index contributed by atoms with van der Waals surface area (Å²) in [6.07, 6.45) is 0.509. The first-order chi connectivity index (χ1) is 2.77. The zero-order chi connectivity index (χ0) is 4.99. The van der Waals surface area contributed by atoms with Crippen LogP contribution in [0.5, 0.6) is 0 Å². The molecule has 0 saturated heterocycles. The van der Waals surface area contributed by atoms with E-state index in [0.717, 1.165) is 6.21 Å². The second kappa shape index (κ2) is 2.38. The third-order valence-corrected chi connectivity index (χ3v) is 0.269. The van der Waals surface area contributed by atoms with E-state index in [9.17, 15) is 9.90 Å². The van der Waals surface area contributed by atoms with Gasteiger partial charge in [0.1, 0.15) is 0 Å². The molecule has 6 heavy (non-hydrogen) atoms. The number of carbonyl (C=O) groups is 1. The van der Waals surface area contributed by atoms with Gasteiger partial charge in [-0.05, 0) is 0 Å².